The van der Waals surface area contributed by atoms with Gasteiger partial charge in [-0.1, -0.05) is 36.4 Å². The van der Waals surface area contributed by atoms with Gasteiger partial charge < -0.3 is 4.74 Å². The normalized spacial score (nSPS) is 15.1. The predicted molar refractivity (Wildman–Crippen MR) is 85.2 cm³/mol. The summed E-state index contributed by atoms with van der Waals surface area (Å²) in [5, 5.41) is 1.56. The van der Waals surface area contributed by atoms with Crippen LogP contribution in [0.4, 0.5) is 10.5 Å². The van der Waals surface area contributed by atoms with Gasteiger partial charge in [0.1, 0.15) is 13.0 Å². The third-order valence-electron chi connectivity index (χ3n) is 3.80. The van der Waals surface area contributed by atoms with Gasteiger partial charge in [-0.15, -0.1) is 0 Å². The molecular weight excluding hydrogens is 312 g/mol. The smallest absolute Gasteiger partial charge is 0.338 e. The summed E-state index contributed by atoms with van der Waals surface area (Å²) in [5.41, 5.74) is 0.380. The van der Waals surface area contributed by atoms with Gasteiger partial charge in [-0.25, -0.2) is 9.69 Å². The standard InChI is InChI=1S/C17H14N2O5/c1-24-16(22)10-18-14(20)9-15(21)19(17(18)23)13-8-4-6-11-5-2-3-7-12(11)13/h2-8H,9-10H2,1H3. The molecule has 0 spiro atoms. The van der Waals surface area contributed by atoms with E-state index in [-0.39, 0.29) is 0 Å². The predicted octanol–water partition coefficient (Wildman–Crippen LogP) is 1.70. The molecule has 0 saturated carbocycles. The van der Waals surface area contributed by atoms with Crippen LogP contribution in [-0.4, -0.2) is 42.4 Å². The number of hydrogen-bond donors (Lipinski definition) is 0. The van der Waals surface area contributed by atoms with E-state index >= 15 is 0 Å². The third kappa shape index (κ3) is 2.60. The first-order chi connectivity index (χ1) is 11.5. The number of benzene rings is 2. The Hall–Kier alpha value is -3.22. The summed E-state index contributed by atoms with van der Waals surface area (Å²) in [6.07, 6.45) is -0.480. The average molecular weight is 326 g/mol. The van der Waals surface area contributed by atoms with E-state index < -0.39 is 36.8 Å². The summed E-state index contributed by atoms with van der Waals surface area (Å²) in [7, 11) is 1.16. The summed E-state index contributed by atoms with van der Waals surface area (Å²) >= 11 is 0. The second-order valence-electron chi connectivity index (χ2n) is 5.24. The number of carbonyl (C=O) groups is 4. The van der Waals surface area contributed by atoms with Gasteiger partial charge in [-0.3, -0.25) is 19.3 Å². The molecule has 7 nitrogen and oxygen atoms in total. The summed E-state index contributed by atoms with van der Waals surface area (Å²) in [6, 6.07) is 11.6. The molecule has 122 valence electrons. The van der Waals surface area contributed by atoms with Crippen LogP contribution in [-0.2, 0) is 19.1 Å². The number of methoxy groups -OCH3 is 1. The Kier molecular flexibility index (Phi) is 3.99. The monoisotopic (exact) mass is 326 g/mol. The van der Waals surface area contributed by atoms with Crippen molar-refractivity contribution in [2.24, 2.45) is 0 Å². The molecular formula is C17H14N2O5. The van der Waals surface area contributed by atoms with Crippen molar-refractivity contribution >= 4 is 40.3 Å². The van der Waals surface area contributed by atoms with Crippen molar-refractivity contribution in [2.75, 3.05) is 18.6 Å². The highest BCUT2D eigenvalue weighted by molar-refractivity contribution is 6.28. The fourth-order valence-corrected chi connectivity index (χ4v) is 2.63. The van der Waals surface area contributed by atoms with E-state index in [1.54, 1.807) is 24.3 Å². The number of amides is 4. The van der Waals surface area contributed by atoms with Crippen LogP contribution in [0.3, 0.4) is 0 Å². The number of imide groups is 2. The molecule has 1 aliphatic heterocycles. The van der Waals surface area contributed by atoms with Crippen LogP contribution in [0.5, 0.6) is 0 Å². The lowest BCUT2D eigenvalue weighted by atomic mass is 10.1. The van der Waals surface area contributed by atoms with E-state index in [0.29, 0.717) is 11.1 Å². The number of rotatable bonds is 3. The average Bonchev–Trinajstić information content (AvgIpc) is 2.58. The fourth-order valence-electron chi connectivity index (χ4n) is 2.63. The van der Waals surface area contributed by atoms with Crippen LogP contribution >= 0.6 is 0 Å². The second kappa shape index (κ2) is 6.11. The topological polar surface area (TPSA) is 84.0 Å². The zero-order valence-corrected chi connectivity index (χ0v) is 12.9. The summed E-state index contributed by atoms with van der Waals surface area (Å²) in [4.78, 5) is 50.0. The molecule has 3 rings (SSSR count). The minimum absolute atomic E-state index is 0.380. The van der Waals surface area contributed by atoms with Crippen molar-refractivity contribution in [1.29, 1.82) is 0 Å². The molecule has 24 heavy (non-hydrogen) atoms. The molecule has 1 aliphatic rings. The van der Waals surface area contributed by atoms with Gasteiger partial charge in [0.2, 0.25) is 11.8 Å². The molecule has 1 heterocycles. The Morgan fingerprint density at radius 1 is 1.04 bits per heavy atom. The maximum absolute atomic E-state index is 12.6. The number of nitrogens with zero attached hydrogens (tertiary/aromatic N) is 2. The Labute approximate surface area is 137 Å². The van der Waals surface area contributed by atoms with Crippen LogP contribution in [0.1, 0.15) is 6.42 Å². The van der Waals surface area contributed by atoms with E-state index in [1.165, 1.54) is 0 Å². The molecule has 0 unspecified atom stereocenters. The number of anilines is 1. The first kappa shape index (κ1) is 15.7. The zero-order chi connectivity index (χ0) is 17.3. The van der Waals surface area contributed by atoms with E-state index in [2.05, 4.69) is 4.74 Å². The van der Waals surface area contributed by atoms with Crippen LogP contribution in [0.15, 0.2) is 42.5 Å². The van der Waals surface area contributed by atoms with Gasteiger partial charge in [-0.2, -0.15) is 0 Å². The van der Waals surface area contributed by atoms with Crippen molar-refractivity contribution in [3.8, 4) is 0 Å². The van der Waals surface area contributed by atoms with Crippen molar-refractivity contribution < 1.29 is 23.9 Å². The molecule has 4 amide bonds. The van der Waals surface area contributed by atoms with Gasteiger partial charge in [0.05, 0.1) is 12.8 Å². The van der Waals surface area contributed by atoms with E-state index in [4.69, 9.17) is 0 Å². The number of carbonyl (C=O) groups excluding carboxylic acids is 4. The Bertz CT molecular complexity index is 856. The van der Waals surface area contributed by atoms with Gasteiger partial charge in [0, 0.05) is 5.39 Å². The number of fused-ring (bicyclic) bond motifs is 1. The number of ether oxygens (including phenoxy) is 1. The summed E-state index contributed by atoms with van der Waals surface area (Å²) in [6.45, 7) is -0.525. The quantitative estimate of drug-likeness (QED) is 0.633. The molecule has 0 aromatic heterocycles. The molecule has 1 saturated heterocycles. The maximum atomic E-state index is 12.6. The molecule has 0 atom stereocenters. The molecule has 0 N–H and O–H groups in total. The summed E-state index contributed by atoms with van der Waals surface area (Å²) in [5.74, 6) is -2.07. The number of esters is 1. The Morgan fingerprint density at radius 2 is 1.75 bits per heavy atom. The van der Waals surface area contributed by atoms with Crippen molar-refractivity contribution in [1.82, 2.24) is 4.90 Å². The van der Waals surface area contributed by atoms with Crippen molar-refractivity contribution in [3.05, 3.63) is 42.5 Å². The largest absolute Gasteiger partial charge is 0.468 e. The highest BCUT2D eigenvalue weighted by atomic mass is 16.5. The van der Waals surface area contributed by atoms with Gasteiger partial charge in [-0.05, 0) is 11.5 Å². The molecule has 7 heteroatoms. The van der Waals surface area contributed by atoms with Crippen LogP contribution in [0.25, 0.3) is 10.8 Å². The Balaban J connectivity index is 2.05. The number of urea groups is 1. The molecule has 1 fully saturated rings. The lowest BCUT2D eigenvalue weighted by molar-refractivity contribution is -0.146. The minimum atomic E-state index is -0.849. The van der Waals surface area contributed by atoms with E-state index in [9.17, 15) is 19.2 Å². The van der Waals surface area contributed by atoms with Gasteiger partial charge in [0.25, 0.3) is 0 Å². The second-order valence-corrected chi connectivity index (χ2v) is 5.24. The van der Waals surface area contributed by atoms with Gasteiger partial charge in [0.15, 0.2) is 0 Å². The number of hydrogen-bond acceptors (Lipinski definition) is 5. The van der Waals surface area contributed by atoms with Crippen LogP contribution in [0.2, 0.25) is 0 Å². The molecule has 0 aliphatic carbocycles. The first-order valence-electron chi connectivity index (χ1n) is 7.25. The van der Waals surface area contributed by atoms with Crippen LogP contribution < -0.4 is 4.90 Å². The highest BCUT2D eigenvalue weighted by Crippen LogP contribution is 2.29. The van der Waals surface area contributed by atoms with E-state index in [1.807, 2.05) is 18.2 Å². The number of barbiturate groups is 1. The van der Waals surface area contributed by atoms with Crippen molar-refractivity contribution in [3.63, 3.8) is 0 Å². The van der Waals surface area contributed by atoms with Gasteiger partial charge >= 0.3 is 12.0 Å². The molecule has 2 aromatic rings. The highest BCUT2D eigenvalue weighted by Gasteiger charge is 2.40. The Morgan fingerprint density at radius 3 is 2.50 bits per heavy atom. The molecule has 0 radical (unpaired) electrons. The van der Waals surface area contributed by atoms with Crippen molar-refractivity contribution in [2.45, 2.75) is 6.42 Å². The maximum Gasteiger partial charge on any atom is 0.338 e. The minimum Gasteiger partial charge on any atom is -0.468 e. The van der Waals surface area contributed by atoms with E-state index in [0.717, 1.165) is 22.3 Å². The fraction of sp³-hybridized carbons (Fsp3) is 0.176. The third-order valence-corrected chi connectivity index (χ3v) is 3.80. The zero-order valence-electron chi connectivity index (χ0n) is 12.9. The molecule has 2 aromatic carbocycles. The first-order valence-corrected chi connectivity index (χ1v) is 7.25. The van der Waals surface area contributed by atoms with Crippen LogP contribution in [0, 0.1) is 0 Å². The lowest BCUT2D eigenvalue weighted by Crippen LogP contribution is -2.56. The SMILES string of the molecule is COC(=O)CN1C(=O)CC(=O)N(c2cccc3ccccc23)C1=O. The summed E-state index contributed by atoms with van der Waals surface area (Å²) < 4.78 is 4.50. The lowest BCUT2D eigenvalue weighted by Gasteiger charge is -2.32. The molecule has 0 bridgehead atoms.